The fourth-order valence-corrected chi connectivity index (χ4v) is 4.35. The molecule has 0 bridgehead atoms. The number of hydrogen-bond acceptors (Lipinski definition) is 3. The van der Waals surface area contributed by atoms with E-state index in [1.807, 2.05) is 23.1 Å². The molecule has 0 radical (unpaired) electrons. The molecule has 0 unspecified atom stereocenters. The largest absolute Gasteiger partial charge is 0.494 e. The first-order chi connectivity index (χ1) is 14.5. The maximum Gasteiger partial charge on any atom is 0.223 e. The van der Waals surface area contributed by atoms with Gasteiger partial charge < -0.3 is 14.2 Å². The number of likely N-dealkylation sites (tertiary alicyclic amines) is 1. The molecule has 1 aliphatic rings. The molecule has 1 saturated heterocycles. The molecule has 5 nitrogen and oxygen atoms in total. The lowest BCUT2D eigenvalue weighted by Gasteiger charge is -2.16. The van der Waals surface area contributed by atoms with Crippen molar-refractivity contribution in [3.05, 3.63) is 72.1 Å². The third-order valence-electron chi connectivity index (χ3n) is 5.60. The normalized spacial score (nSPS) is 16.4. The predicted octanol–water partition coefficient (Wildman–Crippen LogP) is 4.62. The molecule has 1 aliphatic heterocycles. The molecule has 1 fully saturated rings. The smallest absolute Gasteiger partial charge is 0.223 e. The Hall–Kier alpha value is -3.08. The minimum absolute atomic E-state index is 0.116. The maximum atomic E-state index is 12.4. The van der Waals surface area contributed by atoms with Crippen LogP contribution in [0.5, 0.6) is 5.75 Å². The first-order valence-electron chi connectivity index (χ1n) is 10.6. The van der Waals surface area contributed by atoms with Crippen molar-refractivity contribution in [3.63, 3.8) is 0 Å². The Kier molecular flexibility index (Phi) is 5.88. The Morgan fingerprint density at radius 1 is 1.20 bits per heavy atom. The maximum absolute atomic E-state index is 12.4. The van der Waals surface area contributed by atoms with Crippen LogP contribution in [0.2, 0.25) is 0 Å². The molecule has 1 aromatic heterocycles. The number of nitrogens with zero attached hydrogens (tertiary/aromatic N) is 3. The molecule has 1 atom stereocenters. The van der Waals surface area contributed by atoms with E-state index in [9.17, 15) is 4.79 Å². The lowest BCUT2D eigenvalue weighted by atomic mass is 10.1. The zero-order chi connectivity index (χ0) is 21.1. The standard InChI is InChI=1S/C25H29N3O2/c1-4-10-27-17-20(16-24(27)29)25-26-22-8-5-6-9-23(22)28(25)11-7-12-30-21-14-18(2)13-19(3)15-21/h4-6,8-9,13-15,20H,1,7,10-12,16-17H2,2-3H3/t20-/m0/s1. The highest BCUT2D eigenvalue weighted by Gasteiger charge is 2.33. The molecule has 156 valence electrons. The van der Waals surface area contributed by atoms with Crippen molar-refractivity contribution < 1.29 is 9.53 Å². The monoisotopic (exact) mass is 403 g/mol. The zero-order valence-electron chi connectivity index (χ0n) is 17.8. The number of para-hydroxylation sites is 2. The number of aryl methyl sites for hydroxylation is 3. The third kappa shape index (κ3) is 4.25. The van der Waals surface area contributed by atoms with Crippen LogP contribution in [0.25, 0.3) is 11.0 Å². The number of carbonyl (C=O) groups is 1. The summed E-state index contributed by atoms with van der Waals surface area (Å²) in [6.07, 6.45) is 3.17. The summed E-state index contributed by atoms with van der Waals surface area (Å²) in [6, 6.07) is 14.5. The molecule has 0 spiro atoms. The van der Waals surface area contributed by atoms with Gasteiger partial charge in [-0.1, -0.05) is 24.3 Å². The minimum Gasteiger partial charge on any atom is -0.494 e. The van der Waals surface area contributed by atoms with E-state index in [1.54, 1.807) is 6.08 Å². The average Bonchev–Trinajstić information content (AvgIpc) is 3.25. The van der Waals surface area contributed by atoms with Crippen molar-refractivity contribution >= 4 is 16.9 Å². The fourth-order valence-electron chi connectivity index (χ4n) is 4.35. The van der Waals surface area contributed by atoms with Gasteiger partial charge in [0.1, 0.15) is 11.6 Å². The number of ether oxygens (including phenoxy) is 1. The lowest BCUT2D eigenvalue weighted by molar-refractivity contribution is -0.127. The molecule has 0 aliphatic carbocycles. The second-order valence-corrected chi connectivity index (χ2v) is 8.12. The summed E-state index contributed by atoms with van der Waals surface area (Å²) >= 11 is 0. The van der Waals surface area contributed by atoms with Gasteiger partial charge in [-0.15, -0.1) is 6.58 Å². The Labute approximate surface area is 178 Å². The van der Waals surface area contributed by atoms with Gasteiger partial charge in [0, 0.05) is 32.0 Å². The van der Waals surface area contributed by atoms with Gasteiger partial charge in [-0.05, 0) is 55.7 Å². The van der Waals surface area contributed by atoms with E-state index in [0.29, 0.717) is 26.1 Å². The van der Waals surface area contributed by atoms with Crippen LogP contribution in [0.15, 0.2) is 55.1 Å². The molecule has 30 heavy (non-hydrogen) atoms. The van der Waals surface area contributed by atoms with Gasteiger partial charge in [-0.3, -0.25) is 4.79 Å². The number of carbonyl (C=O) groups excluding carboxylic acids is 1. The number of aromatic nitrogens is 2. The van der Waals surface area contributed by atoms with E-state index in [-0.39, 0.29) is 11.8 Å². The quantitative estimate of drug-likeness (QED) is 0.407. The Bertz CT molecular complexity index is 1050. The van der Waals surface area contributed by atoms with Crippen LogP contribution < -0.4 is 4.74 Å². The second kappa shape index (κ2) is 8.74. The molecule has 5 heteroatoms. The van der Waals surface area contributed by atoms with Crippen molar-refractivity contribution in [3.8, 4) is 5.75 Å². The van der Waals surface area contributed by atoms with Crippen LogP contribution >= 0.6 is 0 Å². The zero-order valence-corrected chi connectivity index (χ0v) is 17.8. The highest BCUT2D eigenvalue weighted by molar-refractivity contribution is 5.81. The van der Waals surface area contributed by atoms with Crippen LogP contribution in [-0.2, 0) is 11.3 Å². The lowest BCUT2D eigenvalue weighted by Crippen LogP contribution is -2.25. The molecule has 0 N–H and O–H groups in total. The van der Waals surface area contributed by atoms with Crippen molar-refractivity contribution in [1.29, 1.82) is 0 Å². The number of benzene rings is 2. The Balaban J connectivity index is 1.49. The Morgan fingerprint density at radius 3 is 2.73 bits per heavy atom. The highest BCUT2D eigenvalue weighted by atomic mass is 16.5. The second-order valence-electron chi connectivity index (χ2n) is 8.12. The summed E-state index contributed by atoms with van der Waals surface area (Å²) in [4.78, 5) is 19.1. The fraction of sp³-hybridized carbons (Fsp3) is 0.360. The number of hydrogen-bond donors (Lipinski definition) is 0. The summed E-state index contributed by atoms with van der Waals surface area (Å²) in [7, 11) is 0. The molecule has 1 amide bonds. The molecule has 4 rings (SSSR count). The van der Waals surface area contributed by atoms with Gasteiger partial charge in [-0.25, -0.2) is 4.98 Å². The van der Waals surface area contributed by atoms with Crippen LogP contribution in [-0.4, -0.2) is 40.1 Å². The van der Waals surface area contributed by atoms with E-state index in [0.717, 1.165) is 35.6 Å². The van der Waals surface area contributed by atoms with E-state index in [2.05, 4.69) is 49.3 Å². The Morgan fingerprint density at radius 2 is 1.97 bits per heavy atom. The summed E-state index contributed by atoms with van der Waals surface area (Å²) in [6.45, 7) is 10.7. The third-order valence-corrected chi connectivity index (χ3v) is 5.60. The molecular formula is C25H29N3O2. The molecule has 3 aromatic rings. The van der Waals surface area contributed by atoms with E-state index < -0.39 is 0 Å². The van der Waals surface area contributed by atoms with E-state index in [4.69, 9.17) is 9.72 Å². The first-order valence-corrected chi connectivity index (χ1v) is 10.6. The summed E-state index contributed by atoms with van der Waals surface area (Å²) in [5, 5.41) is 0. The molecular weight excluding hydrogens is 374 g/mol. The predicted molar refractivity (Wildman–Crippen MR) is 120 cm³/mol. The first kappa shape index (κ1) is 20.2. The summed E-state index contributed by atoms with van der Waals surface area (Å²) in [5.41, 5.74) is 4.52. The average molecular weight is 404 g/mol. The van der Waals surface area contributed by atoms with E-state index >= 15 is 0 Å². The van der Waals surface area contributed by atoms with Crippen molar-refractivity contribution in [2.24, 2.45) is 0 Å². The van der Waals surface area contributed by atoms with Crippen molar-refractivity contribution in [2.75, 3.05) is 19.7 Å². The van der Waals surface area contributed by atoms with Gasteiger partial charge in [0.15, 0.2) is 0 Å². The van der Waals surface area contributed by atoms with Gasteiger partial charge in [0.25, 0.3) is 0 Å². The summed E-state index contributed by atoms with van der Waals surface area (Å²) in [5.74, 6) is 2.22. The molecule has 0 saturated carbocycles. The van der Waals surface area contributed by atoms with Crippen LogP contribution in [0, 0.1) is 13.8 Å². The van der Waals surface area contributed by atoms with Crippen LogP contribution in [0.1, 0.15) is 35.7 Å². The van der Waals surface area contributed by atoms with Gasteiger partial charge in [-0.2, -0.15) is 0 Å². The minimum atomic E-state index is 0.116. The van der Waals surface area contributed by atoms with Crippen LogP contribution in [0.3, 0.4) is 0 Å². The summed E-state index contributed by atoms with van der Waals surface area (Å²) < 4.78 is 8.28. The number of rotatable bonds is 8. The van der Waals surface area contributed by atoms with Gasteiger partial charge in [0.05, 0.1) is 17.6 Å². The van der Waals surface area contributed by atoms with Gasteiger partial charge in [0.2, 0.25) is 5.91 Å². The van der Waals surface area contributed by atoms with Crippen LogP contribution in [0.4, 0.5) is 0 Å². The number of amides is 1. The van der Waals surface area contributed by atoms with E-state index in [1.165, 1.54) is 11.1 Å². The van der Waals surface area contributed by atoms with Crippen molar-refractivity contribution in [1.82, 2.24) is 14.5 Å². The van der Waals surface area contributed by atoms with Gasteiger partial charge >= 0.3 is 0 Å². The number of imidazole rings is 1. The highest BCUT2D eigenvalue weighted by Crippen LogP contribution is 2.30. The number of fused-ring (bicyclic) bond motifs is 1. The SMILES string of the molecule is C=CCN1C[C@@H](c2nc3ccccc3n2CCCOc2cc(C)cc(C)c2)CC1=O. The molecule has 2 aromatic carbocycles. The topological polar surface area (TPSA) is 47.4 Å². The molecule has 2 heterocycles. The van der Waals surface area contributed by atoms with Crippen molar-refractivity contribution in [2.45, 2.75) is 39.2 Å².